The van der Waals surface area contributed by atoms with Gasteiger partial charge < -0.3 is 15.5 Å². The van der Waals surface area contributed by atoms with Gasteiger partial charge in [0.25, 0.3) is 12.3 Å². The summed E-state index contributed by atoms with van der Waals surface area (Å²) in [6, 6.07) is 10.2. The number of aliphatic hydroxyl groups is 2. The van der Waals surface area contributed by atoms with E-state index in [9.17, 15) is 41.0 Å². The van der Waals surface area contributed by atoms with Crippen molar-refractivity contribution in [3.05, 3.63) is 88.2 Å². The lowest BCUT2D eigenvalue weighted by molar-refractivity contribution is -0.146. The molecule has 0 aliphatic heterocycles. The molecule has 3 atom stereocenters. The van der Waals surface area contributed by atoms with Crippen LogP contribution in [0.3, 0.4) is 0 Å². The molecule has 0 radical (unpaired) electrons. The number of carbonyl (C=O) groups excluding carboxylic acids is 1. The van der Waals surface area contributed by atoms with E-state index < -0.39 is 68.3 Å². The van der Waals surface area contributed by atoms with Gasteiger partial charge in [0.05, 0.1) is 20.9 Å². The highest BCUT2D eigenvalue weighted by atomic mass is 35.5. The van der Waals surface area contributed by atoms with Crippen LogP contribution < -0.4 is 5.32 Å². The molecule has 2 aliphatic carbocycles. The summed E-state index contributed by atoms with van der Waals surface area (Å²) in [5.41, 5.74) is -2.56. The first-order chi connectivity index (χ1) is 19.3. The highest BCUT2D eigenvalue weighted by molar-refractivity contribution is 7.92. The van der Waals surface area contributed by atoms with Crippen molar-refractivity contribution in [2.24, 2.45) is 11.8 Å². The summed E-state index contributed by atoms with van der Waals surface area (Å²) in [4.78, 5) is 16.3. The number of rotatable bonds is 7. The van der Waals surface area contributed by atoms with E-state index in [1.807, 2.05) is 0 Å². The SMILES string of the molecule is O=C(Nc1ccc(F)c(F)c1)c1ccc(Cl)c(S(=O)(=O)[C@H]2CC3CCC(C2)[C@]3(O)C(O)c2cccc(C(F)F)n2)c1. The van der Waals surface area contributed by atoms with Gasteiger partial charge >= 0.3 is 0 Å². The number of pyridine rings is 1. The molecule has 2 aromatic carbocycles. The Labute approximate surface area is 238 Å². The number of carbonyl (C=O) groups is 1. The van der Waals surface area contributed by atoms with Gasteiger partial charge in [-0.1, -0.05) is 17.7 Å². The minimum atomic E-state index is -4.15. The molecule has 1 aromatic heterocycles. The lowest BCUT2D eigenvalue weighted by Crippen LogP contribution is -2.52. The number of nitrogens with zero attached hydrogens (tertiary/aromatic N) is 1. The van der Waals surface area contributed by atoms with E-state index >= 15 is 0 Å². The Morgan fingerprint density at radius 1 is 1.00 bits per heavy atom. The van der Waals surface area contributed by atoms with Crippen molar-refractivity contribution in [1.82, 2.24) is 4.98 Å². The molecule has 13 heteroatoms. The third-order valence-corrected chi connectivity index (χ3v) is 10.8. The average molecular weight is 613 g/mol. The van der Waals surface area contributed by atoms with Crippen molar-refractivity contribution in [3.8, 4) is 0 Å². The van der Waals surface area contributed by atoms with Crippen LogP contribution in [0.2, 0.25) is 5.02 Å². The van der Waals surface area contributed by atoms with Crippen LogP contribution in [0.1, 0.15) is 60.0 Å². The van der Waals surface area contributed by atoms with E-state index in [-0.39, 0.29) is 39.7 Å². The largest absolute Gasteiger partial charge is 0.386 e. The maximum absolute atomic E-state index is 13.8. The number of fused-ring (bicyclic) bond motifs is 2. The van der Waals surface area contributed by atoms with E-state index in [1.54, 1.807) is 0 Å². The highest BCUT2D eigenvalue weighted by Crippen LogP contribution is 2.56. The molecule has 7 nitrogen and oxygen atoms in total. The van der Waals surface area contributed by atoms with Crippen LogP contribution in [0.4, 0.5) is 23.2 Å². The Morgan fingerprint density at radius 3 is 2.29 bits per heavy atom. The monoisotopic (exact) mass is 612 g/mol. The van der Waals surface area contributed by atoms with Crippen molar-refractivity contribution in [2.75, 3.05) is 5.32 Å². The number of sulfone groups is 1. The Bertz CT molecular complexity index is 1590. The van der Waals surface area contributed by atoms with Crippen molar-refractivity contribution < 1.29 is 41.0 Å². The van der Waals surface area contributed by atoms with E-state index in [1.165, 1.54) is 24.3 Å². The molecule has 2 aliphatic rings. The summed E-state index contributed by atoms with van der Waals surface area (Å²) in [7, 11) is -4.15. The maximum atomic E-state index is 13.8. The molecule has 1 amide bonds. The van der Waals surface area contributed by atoms with Crippen LogP contribution in [0, 0.1) is 23.5 Å². The van der Waals surface area contributed by atoms with Gasteiger partial charge in [0.15, 0.2) is 21.5 Å². The highest BCUT2D eigenvalue weighted by Gasteiger charge is 2.59. The first-order valence-electron chi connectivity index (χ1n) is 12.8. The van der Waals surface area contributed by atoms with E-state index in [2.05, 4.69) is 10.3 Å². The fraction of sp³-hybridized carbons (Fsp3) is 0.357. The quantitative estimate of drug-likeness (QED) is 0.298. The summed E-state index contributed by atoms with van der Waals surface area (Å²) in [5.74, 6) is -4.39. The molecule has 2 saturated carbocycles. The first kappa shape index (κ1) is 29.4. The Kier molecular flexibility index (Phi) is 7.88. The van der Waals surface area contributed by atoms with Crippen LogP contribution in [0.5, 0.6) is 0 Å². The molecule has 3 aromatic rings. The minimum Gasteiger partial charge on any atom is -0.386 e. The number of hydrogen-bond acceptors (Lipinski definition) is 6. The van der Waals surface area contributed by atoms with E-state index in [4.69, 9.17) is 11.6 Å². The first-order valence-corrected chi connectivity index (χ1v) is 14.7. The Balaban J connectivity index is 1.38. The van der Waals surface area contributed by atoms with Gasteiger partial charge in [0.2, 0.25) is 0 Å². The van der Waals surface area contributed by atoms with Crippen LogP contribution >= 0.6 is 11.6 Å². The van der Waals surface area contributed by atoms with E-state index in [0.717, 1.165) is 30.3 Å². The summed E-state index contributed by atoms with van der Waals surface area (Å²) >= 11 is 6.26. The number of amides is 1. The van der Waals surface area contributed by atoms with Gasteiger partial charge in [-0.25, -0.2) is 31.0 Å². The number of aliphatic hydroxyl groups excluding tert-OH is 1. The van der Waals surface area contributed by atoms with Gasteiger partial charge in [-0.2, -0.15) is 0 Å². The molecular weight excluding hydrogens is 588 g/mol. The van der Waals surface area contributed by atoms with Crippen molar-refractivity contribution in [1.29, 1.82) is 0 Å². The molecule has 3 unspecified atom stereocenters. The fourth-order valence-electron chi connectivity index (χ4n) is 6.04. The zero-order valence-corrected chi connectivity index (χ0v) is 22.8. The van der Waals surface area contributed by atoms with Crippen molar-refractivity contribution in [2.45, 2.75) is 54.0 Å². The summed E-state index contributed by atoms with van der Waals surface area (Å²) in [5, 5.41) is 23.9. The minimum absolute atomic E-state index is 0.0384. The number of anilines is 1. The zero-order valence-electron chi connectivity index (χ0n) is 21.3. The molecule has 1 heterocycles. The summed E-state index contributed by atoms with van der Waals surface area (Å²) in [6.45, 7) is 0. The third-order valence-electron chi connectivity index (χ3n) is 8.12. The number of halogens is 5. The second kappa shape index (κ2) is 11.0. The van der Waals surface area contributed by atoms with E-state index in [0.29, 0.717) is 12.8 Å². The average Bonchev–Trinajstić information content (AvgIpc) is 3.10. The van der Waals surface area contributed by atoms with Gasteiger partial charge in [0.1, 0.15) is 17.4 Å². The number of benzene rings is 2. The summed E-state index contributed by atoms with van der Waals surface area (Å²) in [6.07, 6.45) is -3.74. The van der Waals surface area contributed by atoms with Crippen LogP contribution in [-0.2, 0) is 9.84 Å². The molecule has 2 bridgehead atoms. The lowest BCUT2D eigenvalue weighted by atomic mass is 9.70. The molecule has 41 heavy (non-hydrogen) atoms. The van der Waals surface area contributed by atoms with Crippen molar-refractivity contribution >= 4 is 33.0 Å². The number of alkyl halides is 2. The van der Waals surface area contributed by atoms with Crippen LogP contribution in [0.15, 0.2) is 59.5 Å². The molecule has 218 valence electrons. The van der Waals surface area contributed by atoms with Gasteiger partial charge in [-0.15, -0.1) is 0 Å². The molecule has 0 saturated heterocycles. The second-order valence-corrected chi connectivity index (χ2v) is 13.0. The molecule has 0 spiro atoms. The Hall–Kier alpha value is -3.06. The predicted molar refractivity (Wildman–Crippen MR) is 141 cm³/mol. The van der Waals surface area contributed by atoms with Crippen molar-refractivity contribution in [3.63, 3.8) is 0 Å². The smallest absolute Gasteiger partial charge is 0.280 e. The van der Waals surface area contributed by atoms with Gasteiger partial charge in [-0.05, 0) is 80.0 Å². The second-order valence-electron chi connectivity index (χ2n) is 10.4. The maximum Gasteiger partial charge on any atom is 0.280 e. The molecule has 2 fully saturated rings. The van der Waals surface area contributed by atoms with Crippen LogP contribution in [-0.4, -0.2) is 40.4 Å². The van der Waals surface area contributed by atoms with Gasteiger partial charge in [0, 0.05) is 17.3 Å². The predicted octanol–water partition coefficient (Wildman–Crippen LogP) is 5.63. The number of aromatic nitrogens is 1. The molecule has 5 rings (SSSR count). The summed E-state index contributed by atoms with van der Waals surface area (Å²) < 4.78 is 80.6. The zero-order chi connectivity index (χ0) is 29.7. The topological polar surface area (TPSA) is 117 Å². The van der Waals surface area contributed by atoms with Gasteiger partial charge in [-0.3, -0.25) is 4.79 Å². The number of hydrogen-bond donors (Lipinski definition) is 3. The lowest BCUT2D eigenvalue weighted by Gasteiger charge is -2.45. The number of nitrogens with one attached hydrogen (secondary N) is 1. The molecular formula is C28H25ClF4N2O5S. The Morgan fingerprint density at radius 2 is 1.66 bits per heavy atom. The standard InChI is InChI=1S/C28H25ClF4N2O5S/c29-19-8-4-14(27(37)34-17-7-9-20(30)21(31)13-17)10-24(19)41(39,40)18-11-15-5-6-16(12-18)28(15,38)25(36)22-2-1-3-23(35-22)26(32)33/h1-4,7-10,13,15-16,18,25-26,36,38H,5-6,11-12H2,(H,34,37)/t15?,16?,18-,25?,28-. The fourth-order valence-corrected chi connectivity index (χ4v) is 8.44. The normalized spacial score (nSPS) is 24.8. The van der Waals surface area contributed by atoms with Crippen LogP contribution in [0.25, 0.3) is 0 Å². The third kappa shape index (κ3) is 5.33. The molecule has 3 N–H and O–H groups in total.